The number of ether oxygens (including phenoxy) is 2. The maximum atomic E-state index is 12.5. The second-order valence-corrected chi connectivity index (χ2v) is 6.40. The van der Waals surface area contributed by atoms with Crippen molar-refractivity contribution < 1.29 is 19.1 Å². The van der Waals surface area contributed by atoms with Crippen molar-refractivity contribution >= 4 is 17.5 Å². The van der Waals surface area contributed by atoms with E-state index in [-0.39, 0.29) is 24.2 Å². The fourth-order valence-corrected chi connectivity index (χ4v) is 3.10. The third-order valence-corrected chi connectivity index (χ3v) is 4.58. The number of carbonyl (C=O) groups is 2. The van der Waals surface area contributed by atoms with Gasteiger partial charge in [-0.25, -0.2) is 0 Å². The number of methoxy groups -OCH3 is 1. The topological polar surface area (TPSA) is 67.9 Å². The van der Waals surface area contributed by atoms with E-state index in [0.29, 0.717) is 19.7 Å². The van der Waals surface area contributed by atoms with E-state index in [2.05, 4.69) is 5.32 Å². The van der Waals surface area contributed by atoms with Crippen LogP contribution >= 0.6 is 0 Å². The second-order valence-electron chi connectivity index (χ2n) is 6.40. The van der Waals surface area contributed by atoms with Crippen molar-refractivity contribution in [1.29, 1.82) is 0 Å². The van der Waals surface area contributed by atoms with Gasteiger partial charge in [0.05, 0.1) is 19.6 Å². The van der Waals surface area contributed by atoms with Crippen LogP contribution in [0.25, 0.3) is 0 Å². The number of benzene rings is 2. The van der Waals surface area contributed by atoms with Crippen LogP contribution in [0.3, 0.4) is 0 Å². The molecular weight excluding hydrogens is 344 g/mol. The average molecular weight is 368 g/mol. The Hall–Kier alpha value is -3.02. The SMILES string of the molecule is CCOc1ccc(CNC(=O)[C@@H]2CC(=O)N(c3ccc(OC)cc3)C2)cc1. The molecule has 0 radical (unpaired) electrons. The molecule has 0 unspecified atom stereocenters. The standard InChI is InChI=1S/C21H24N2O4/c1-3-27-19-8-4-15(5-9-19)13-22-21(25)16-12-20(24)23(14-16)17-6-10-18(26-2)11-7-17/h4-11,16H,3,12-14H2,1-2H3,(H,22,25)/t16-/m1/s1. The summed E-state index contributed by atoms with van der Waals surface area (Å²) < 4.78 is 10.5. The highest BCUT2D eigenvalue weighted by Gasteiger charge is 2.34. The molecule has 6 heteroatoms. The number of nitrogens with zero attached hydrogens (tertiary/aromatic N) is 1. The van der Waals surface area contributed by atoms with Crippen LogP contribution in [0.4, 0.5) is 5.69 Å². The highest BCUT2D eigenvalue weighted by molar-refractivity contribution is 6.00. The lowest BCUT2D eigenvalue weighted by Crippen LogP contribution is -2.32. The van der Waals surface area contributed by atoms with Crippen molar-refractivity contribution in [3.05, 3.63) is 54.1 Å². The molecule has 0 aromatic heterocycles. The summed E-state index contributed by atoms with van der Waals surface area (Å²) in [4.78, 5) is 26.4. The van der Waals surface area contributed by atoms with Crippen LogP contribution in [0.1, 0.15) is 18.9 Å². The summed E-state index contributed by atoms with van der Waals surface area (Å²) in [7, 11) is 1.60. The molecule has 1 atom stereocenters. The minimum absolute atomic E-state index is 0.0404. The Labute approximate surface area is 159 Å². The summed E-state index contributed by atoms with van der Waals surface area (Å²) in [5.74, 6) is 1.05. The van der Waals surface area contributed by atoms with Crippen LogP contribution in [0.15, 0.2) is 48.5 Å². The molecule has 2 aromatic rings. The molecule has 1 aliphatic rings. The minimum Gasteiger partial charge on any atom is -0.497 e. The van der Waals surface area contributed by atoms with Crippen molar-refractivity contribution in [2.75, 3.05) is 25.2 Å². The summed E-state index contributed by atoms with van der Waals surface area (Å²) >= 11 is 0. The van der Waals surface area contributed by atoms with Crippen LogP contribution in [0, 0.1) is 5.92 Å². The van der Waals surface area contributed by atoms with Crippen molar-refractivity contribution in [1.82, 2.24) is 5.32 Å². The van der Waals surface area contributed by atoms with E-state index in [1.54, 1.807) is 12.0 Å². The average Bonchev–Trinajstić information content (AvgIpc) is 3.09. The van der Waals surface area contributed by atoms with E-state index >= 15 is 0 Å². The van der Waals surface area contributed by atoms with Crippen LogP contribution in [0.2, 0.25) is 0 Å². The fourth-order valence-electron chi connectivity index (χ4n) is 3.10. The van der Waals surface area contributed by atoms with Gasteiger partial charge in [-0.3, -0.25) is 9.59 Å². The summed E-state index contributed by atoms with van der Waals surface area (Å²) in [5.41, 5.74) is 1.77. The summed E-state index contributed by atoms with van der Waals surface area (Å²) in [5, 5.41) is 2.92. The molecular formula is C21H24N2O4. The number of anilines is 1. The molecule has 6 nitrogen and oxygen atoms in total. The third kappa shape index (κ3) is 4.58. The zero-order chi connectivity index (χ0) is 19.2. The van der Waals surface area contributed by atoms with Gasteiger partial charge in [-0.1, -0.05) is 12.1 Å². The Morgan fingerprint density at radius 3 is 2.41 bits per heavy atom. The van der Waals surface area contributed by atoms with E-state index in [4.69, 9.17) is 9.47 Å². The van der Waals surface area contributed by atoms with Gasteiger partial charge in [-0.05, 0) is 48.9 Å². The number of rotatable bonds is 7. The first-order chi connectivity index (χ1) is 13.1. The van der Waals surface area contributed by atoms with Gasteiger partial charge in [-0.15, -0.1) is 0 Å². The number of hydrogen-bond donors (Lipinski definition) is 1. The van der Waals surface area contributed by atoms with Gasteiger partial charge in [0.25, 0.3) is 0 Å². The number of carbonyl (C=O) groups excluding carboxylic acids is 2. The van der Waals surface area contributed by atoms with E-state index in [1.807, 2.05) is 55.5 Å². The third-order valence-electron chi connectivity index (χ3n) is 4.58. The lowest BCUT2D eigenvalue weighted by Gasteiger charge is -2.17. The highest BCUT2D eigenvalue weighted by atomic mass is 16.5. The molecule has 1 aliphatic heterocycles. The van der Waals surface area contributed by atoms with Gasteiger partial charge < -0.3 is 19.7 Å². The van der Waals surface area contributed by atoms with E-state index < -0.39 is 0 Å². The Kier molecular flexibility index (Phi) is 5.96. The quantitative estimate of drug-likeness (QED) is 0.816. The Morgan fingerprint density at radius 2 is 1.78 bits per heavy atom. The zero-order valence-electron chi connectivity index (χ0n) is 15.6. The summed E-state index contributed by atoms with van der Waals surface area (Å²) in [6.45, 7) is 3.38. The first kappa shape index (κ1) is 18.8. The normalized spacial score (nSPS) is 16.3. The van der Waals surface area contributed by atoms with Crippen LogP contribution in [-0.2, 0) is 16.1 Å². The minimum atomic E-state index is -0.345. The summed E-state index contributed by atoms with van der Waals surface area (Å²) in [6.07, 6.45) is 0.223. The maximum Gasteiger partial charge on any atom is 0.227 e. The predicted molar refractivity (Wildman–Crippen MR) is 103 cm³/mol. The van der Waals surface area contributed by atoms with Crippen LogP contribution in [-0.4, -0.2) is 32.1 Å². The molecule has 0 aliphatic carbocycles. The smallest absolute Gasteiger partial charge is 0.227 e. The Bertz CT molecular complexity index is 787. The number of amides is 2. The van der Waals surface area contributed by atoms with Gasteiger partial charge in [0, 0.05) is 25.2 Å². The molecule has 1 fully saturated rings. The summed E-state index contributed by atoms with van der Waals surface area (Å²) in [6, 6.07) is 14.9. The van der Waals surface area contributed by atoms with E-state index in [9.17, 15) is 9.59 Å². The number of nitrogens with one attached hydrogen (secondary N) is 1. The predicted octanol–water partition coefficient (Wildman–Crippen LogP) is 2.76. The molecule has 2 aromatic carbocycles. The second kappa shape index (κ2) is 8.58. The van der Waals surface area contributed by atoms with Gasteiger partial charge in [0.1, 0.15) is 11.5 Å². The monoisotopic (exact) mass is 368 g/mol. The fraction of sp³-hybridized carbons (Fsp3) is 0.333. The first-order valence-corrected chi connectivity index (χ1v) is 9.04. The Morgan fingerprint density at radius 1 is 1.11 bits per heavy atom. The van der Waals surface area contributed by atoms with Gasteiger partial charge >= 0.3 is 0 Å². The molecule has 27 heavy (non-hydrogen) atoms. The zero-order valence-corrected chi connectivity index (χ0v) is 15.6. The van der Waals surface area contributed by atoms with Crippen LogP contribution < -0.4 is 19.7 Å². The first-order valence-electron chi connectivity index (χ1n) is 9.04. The van der Waals surface area contributed by atoms with E-state index in [0.717, 1.165) is 22.7 Å². The molecule has 0 spiro atoms. The van der Waals surface area contributed by atoms with Crippen molar-refractivity contribution in [2.24, 2.45) is 5.92 Å². The van der Waals surface area contributed by atoms with Crippen molar-refractivity contribution in [3.8, 4) is 11.5 Å². The van der Waals surface area contributed by atoms with Crippen LogP contribution in [0.5, 0.6) is 11.5 Å². The van der Waals surface area contributed by atoms with E-state index in [1.165, 1.54) is 0 Å². The lowest BCUT2D eigenvalue weighted by atomic mass is 10.1. The molecule has 1 N–H and O–H groups in total. The molecule has 2 amide bonds. The molecule has 1 heterocycles. The lowest BCUT2D eigenvalue weighted by molar-refractivity contribution is -0.126. The largest absolute Gasteiger partial charge is 0.497 e. The highest BCUT2D eigenvalue weighted by Crippen LogP contribution is 2.27. The molecule has 3 rings (SSSR count). The van der Waals surface area contributed by atoms with Gasteiger partial charge in [-0.2, -0.15) is 0 Å². The molecule has 1 saturated heterocycles. The Balaban J connectivity index is 1.55. The molecule has 142 valence electrons. The van der Waals surface area contributed by atoms with Crippen molar-refractivity contribution in [2.45, 2.75) is 19.9 Å². The number of hydrogen-bond acceptors (Lipinski definition) is 4. The van der Waals surface area contributed by atoms with Gasteiger partial charge in [0.15, 0.2) is 0 Å². The molecule has 0 saturated carbocycles. The van der Waals surface area contributed by atoms with Crippen molar-refractivity contribution in [3.63, 3.8) is 0 Å². The molecule has 0 bridgehead atoms. The van der Waals surface area contributed by atoms with Gasteiger partial charge in [0.2, 0.25) is 11.8 Å². The maximum absolute atomic E-state index is 12.5.